The van der Waals surface area contributed by atoms with Gasteiger partial charge in [0.2, 0.25) is 0 Å². The van der Waals surface area contributed by atoms with Crippen LogP contribution in [0, 0.1) is 27.7 Å². The van der Waals surface area contributed by atoms with E-state index in [1.54, 1.807) is 31.1 Å². The maximum Gasteiger partial charge on any atom is 0.414 e. The zero-order chi connectivity index (χ0) is 26.0. The summed E-state index contributed by atoms with van der Waals surface area (Å²) in [5, 5.41) is 0.606. The van der Waals surface area contributed by atoms with Gasteiger partial charge in [0, 0.05) is 14.1 Å². The third-order valence-corrected chi connectivity index (χ3v) is 6.99. The standard InChI is InChI=1S/C29H29N3O3S/c1-18-7-11-23(15-20(18)3)30-28-32(24-12-8-19(2)21(4)16-24)27(33)26(36-28)17-22-9-13-25(14-10-22)35-29(34)31(5)6/h7-17H,1-6H3/b26-17-,30-28?. The summed E-state index contributed by atoms with van der Waals surface area (Å²) >= 11 is 1.35. The van der Waals surface area contributed by atoms with Crippen molar-refractivity contribution in [3.8, 4) is 5.75 Å². The van der Waals surface area contributed by atoms with Crippen molar-refractivity contribution in [3.63, 3.8) is 0 Å². The van der Waals surface area contributed by atoms with Crippen LogP contribution >= 0.6 is 11.8 Å². The second-order valence-electron chi connectivity index (χ2n) is 9.01. The molecular formula is C29H29N3O3S. The van der Waals surface area contributed by atoms with E-state index in [0.717, 1.165) is 33.6 Å². The average molecular weight is 500 g/mol. The van der Waals surface area contributed by atoms with Crippen molar-refractivity contribution in [1.29, 1.82) is 0 Å². The van der Waals surface area contributed by atoms with Crippen molar-refractivity contribution in [1.82, 2.24) is 4.90 Å². The molecule has 0 bridgehead atoms. The minimum atomic E-state index is -0.446. The molecule has 0 radical (unpaired) electrons. The van der Waals surface area contributed by atoms with Gasteiger partial charge in [-0.15, -0.1) is 0 Å². The van der Waals surface area contributed by atoms with E-state index in [4.69, 9.17) is 9.73 Å². The van der Waals surface area contributed by atoms with E-state index in [9.17, 15) is 9.59 Å². The predicted octanol–water partition coefficient (Wildman–Crippen LogP) is 6.79. The molecule has 0 N–H and O–H groups in total. The highest BCUT2D eigenvalue weighted by Gasteiger charge is 2.35. The van der Waals surface area contributed by atoms with Gasteiger partial charge in [-0.25, -0.2) is 9.79 Å². The molecule has 0 saturated carbocycles. The van der Waals surface area contributed by atoms with Crippen LogP contribution < -0.4 is 9.64 Å². The van der Waals surface area contributed by atoms with Crippen molar-refractivity contribution in [2.75, 3.05) is 19.0 Å². The summed E-state index contributed by atoms with van der Waals surface area (Å²) in [5.74, 6) is 0.309. The molecule has 36 heavy (non-hydrogen) atoms. The first-order valence-electron chi connectivity index (χ1n) is 11.6. The number of rotatable bonds is 4. The minimum Gasteiger partial charge on any atom is -0.410 e. The highest BCUT2D eigenvalue weighted by molar-refractivity contribution is 8.19. The SMILES string of the molecule is Cc1ccc(N=C2S/C(=C\c3ccc(OC(=O)N(C)C)cc3)C(=O)N2c2ccc(C)c(C)c2)cc1C. The Morgan fingerprint density at radius 2 is 1.53 bits per heavy atom. The Morgan fingerprint density at radius 3 is 2.14 bits per heavy atom. The number of amides is 2. The first-order chi connectivity index (χ1) is 17.1. The monoisotopic (exact) mass is 499 g/mol. The number of thioether (sulfide) groups is 1. The van der Waals surface area contributed by atoms with Crippen molar-refractivity contribution >= 4 is 46.4 Å². The summed E-state index contributed by atoms with van der Waals surface area (Å²) < 4.78 is 5.29. The number of hydrogen-bond donors (Lipinski definition) is 0. The second-order valence-corrected chi connectivity index (χ2v) is 10.0. The molecule has 3 aromatic carbocycles. The normalized spacial score (nSPS) is 15.6. The number of nitrogens with zero attached hydrogens (tertiary/aromatic N) is 3. The number of aliphatic imine (C=N–C) groups is 1. The Morgan fingerprint density at radius 1 is 0.889 bits per heavy atom. The van der Waals surface area contributed by atoms with Gasteiger partial charge in [0.25, 0.3) is 5.91 Å². The van der Waals surface area contributed by atoms with Gasteiger partial charge in [0.15, 0.2) is 5.17 Å². The fourth-order valence-electron chi connectivity index (χ4n) is 3.52. The van der Waals surface area contributed by atoms with Gasteiger partial charge >= 0.3 is 6.09 Å². The number of amidine groups is 1. The zero-order valence-electron chi connectivity index (χ0n) is 21.3. The molecule has 7 heteroatoms. The molecule has 3 aromatic rings. The van der Waals surface area contributed by atoms with E-state index in [2.05, 4.69) is 20.8 Å². The van der Waals surface area contributed by atoms with E-state index < -0.39 is 6.09 Å². The summed E-state index contributed by atoms with van der Waals surface area (Å²) in [6.07, 6.45) is 1.39. The molecule has 184 valence electrons. The van der Waals surface area contributed by atoms with Crippen LogP contribution in [0.25, 0.3) is 6.08 Å². The van der Waals surface area contributed by atoms with Gasteiger partial charge in [0.1, 0.15) is 5.75 Å². The van der Waals surface area contributed by atoms with Crippen LogP contribution in [-0.2, 0) is 4.79 Å². The van der Waals surface area contributed by atoms with E-state index in [-0.39, 0.29) is 5.91 Å². The quantitative estimate of drug-likeness (QED) is 0.371. The first kappa shape index (κ1) is 25.3. The fraction of sp³-hybridized carbons (Fsp3) is 0.207. The lowest BCUT2D eigenvalue weighted by atomic mass is 10.1. The van der Waals surface area contributed by atoms with Crippen LogP contribution in [0.15, 0.2) is 70.6 Å². The highest BCUT2D eigenvalue weighted by atomic mass is 32.2. The average Bonchev–Trinajstić information content (AvgIpc) is 3.13. The molecule has 4 rings (SSSR count). The van der Waals surface area contributed by atoms with E-state index in [1.807, 2.05) is 61.5 Å². The summed E-state index contributed by atoms with van der Waals surface area (Å²) in [5.41, 5.74) is 7.02. The molecule has 1 heterocycles. The molecule has 1 saturated heterocycles. The van der Waals surface area contributed by atoms with Crippen molar-refractivity contribution in [3.05, 3.63) is 93.4 Å². The Balaban J connectivity index is 1.69. The third-order valence-electron chi connectivity index (χ3n) is 6.02. The van der Waals surface area contributed by atoms with Crippen molar-refractivity contribution in [2.24, 2.45) is 4.99 Å². The van der Waals surface area contributed by atoms with Crippen molar-refractivity contribution < 1.29 is 14.3 Å². The Hall–Kier alpha value is -3.84. The maximum atomic E-state index is 13.6. The summed E-state index contributed by atoms with van der Waals surface area (Å²) in [6, 6.07) is 19.1. The Bertz CT molecular complexity index is 1390. The third kappa shape index (κ3) is 5.52. The van der Waals surface area contributed by atoms with Gasteiger partial charge in [0.05, 0.1) is 16.3 Å². The van der Waals surface area contributed by atoms with Crippen LogP contribution in [0.4, 0.5) is 16.2 Å². The largest absolute Gasteiger partial charge is 0.414 e. The second kappa shape index (κ2) is 10.4. The molecule has 1 aliphatic heterocycles. The number of carbonyl (C=O) groups excluding carboxylic acids is 2. The summed E-state index contributed by atoms with van der Waals surface area (Å²) in [6.45, 7) is 8.20. The molecule has 0 unspecified atom stereocenters. The Kier molecular flexibility index (Phi) is 7.31. The van der Waals surface area contributed by atoms with Gasteiger partial charge in [-0.2, -0.15) is 0 Å². The summed E-state index contributed by atoms with van der Waals surface area (Å²) in [7, 11) is 3.25. The van der Waals surface area contributed by atoms with Crippen LogP contribution in [0.2, 0.25) is 0 Å². The number of benzene rings is 3. The Labute approximate surface area is 216 Å². The van der Waals surface area contributed by atoms with Crippen LogP contribution in [0.3, 0.4) is 0 Å². The molecule has 1 fully saturated rings. The molecule has 0 aliphatic carbocycles. The van der Waals surface area contributed by atoms with Gasteiger partial charge in [-0.1, -0.05) is 24.3 Å². The van der Waals surface area contributed by atoms with E-state index in [0.29, 0.717) is 15.8 Å². The molecule has 2 amide bonds. The zero-order valence-corrected chi connectivity index (χ0v) is 22.1. The highest BCUT2D eigenvalue weighted by Crippen LogP contribution is 2.38. The van der Waals surface area contributed by atoms with Gasteiger partial charge in [-0.3, -0.25) is 9.69 Å². The molecule has 0 spiro atoms. The van der Waals surface area contributed by atoms with E-state index >= 15 is 0 Å². The number of hydrogen-bond acceptors (Lipinski definition) is 5. The molecule has 0 atom stereocenters. The van der Waals surface area contributed by atoms with Crippen LogP contribution in [0.1, 0.15) is 27.8 Å². The summed E-state index contributed by atoms with van der Waals surface area (Å²) in [4.78, 5) is 33.8. The molecule has 0 aromatic heterocycles. The first-order valence-corrected chi connectivity index (χ1v) is 12.4. The molecule has 6 nitrogen and oxygen atoms in total. The number of aryl methyl sites for hydroxylation is 4. The minimum absolute atomic E-state index is 0.131. The predicted molar refractivity (Wildman–Crippen MR) is 148 cm³/mol. The number of anilines is 1. The molecule has 1 aliphatic rings. The number of carbonyl (C=O) groups is 2. The fourth-order valence-corrected chi connectivity index (χ4v) is 4.52. The topological polar surface area (TPSA) is 62.2 Å². The lowest BCUT2D eigenvalue weighted by Gasteiger charge is -2.17. The lowest BCUT2D eigenvalue weighted by molar-refractivity contribution is -0.113. The van der Waals surface area contributed by atoms with E-state index in [1.165, 1.54) is 22.2 Å². The van der Waals surface area contributed by atoms with Crippen LogP contribution in [0.5, 0.6) is 5.75 Å². The number of ether oxygens (including phenoxy) is 1. The maximum absolute atomic E-state index is 13.6. The van der Waals surface area contributed by atoms with Gasteiger partial charge < -0.3 is 9.64 Å². The van der Waals surface area contributed by atoms with Gasteiger partial charge in [-0.05, 0) is 110 Å². The van der Waals surface area contributed by atoms with Crippen LogP contribution in [-0.4, -0.2) is 36.2 Å². The lowest BCUT2D eigenvalue weighted by Crippen LogP contribution is -2.28. The van der Waals surface area contributed by atoms with Crippen molar-refractivity contribution in [2.45, 2.75) is 27.7 Å². The molecular weight excluding hydrogens is 470 g/mol. The smallest absolute Gasteiger partial charge is 0.410 e.